The molecular formula is C17H16N2S. The van der Waals surface area contributed by atoms with E-state index in [9.17, 15) is 0 Å². The molecule has 20 heavy (non-hydrogen) atoms. The molecule has 0 unspecified atom stereocenters. The molecule has 100 valence electrons. The van der Waals surface area contributed by atoms with Crippen LogP contribution < -0.4 is 0 Å². The van der Waals surface area contributed by atoms with Gasteiger partial charge in [0.1, 0.15) is 0 Å². The minimum atomic E-state index is 1.14. The minimum Gasteiger partial charge on any atom is -0.288 e. The normalized spacial score (nSPS) is 15.0. The predicted octanol–water partition coefficient (Wildman–Crippen LogP) is 4.45. The number of fused-ring (bicyclic) bond motifs is 3. The summed E-state index contributed by atoms with van der Waals surface area (Å²) in [7, 11) is 0. The molecule has 4 rings (SSSR count). The van der Waals surface area contributed by atoms with Crippen LogP contribution in [0, 0.1) is 0 Å². The predicted molar refractivity (Wildman–Crippen MR) is 85.1 cm³/mol. The molecule has 0 atom stereocenters. The Morgan fingerprint density at radius 1 is 1.05 bits per heavy atom. The lowest BCUT2D eigenvalue weighted by Crippen LogP contribution is -2.03. The molecule has 1 aliphatic carbocycles. The van der Waals surface area contributed by atoms with Crippen LogP contribution in [-0.4, -0.2) is 9.38 Å². The third-order valence-electron chi connectivity index (χ3n) is 3.88. The van der Waals surface area contributed by atoms with Gasteiger partial charge in [-0.25, -0.2) is 4.98 Å². The van der Waals surface area contributed by atoms with Crippen LogP contribution in [-0.2, 0) is 12.8 Å². The van der Waals surface area contributed by atoms with Crippen LogP contribution in [0.4, 0.5) is 0 Å². The fraction of sp³-hybridized carbons (Fsp3) is 0.235. The smallest absolute Gasteiger partial charge is 0.194 e. The highest BCUT2D eigenvalue weighted by Gasteiger charge is 2.18. The van der Waals surface area contributed by atoms with Crippen LogP contribution in [0.15, 0.2) is 36.5 Å². The summed E-state index contributed by atoms with van der Waals surface area (Å²) in [5, 5.41) is 0. The zero-order valence-electron chi connectivity index (χ0n) is 11.2. The lowest BCUT2D eigenvalue weighted by atomic mass is 10.0. The zero-order chi connectivity index (χ0) is 13.4. The van der Waals surface area contributed by atoms with Crippen molar-refractivity contribution in [2.24, 2.45) is 0 Å². The van der Waals surface area contributed by atoms with E-state index in [0.717, 1.165) is 4.96 Å². The van der Waals surface area contributed by atoms with Gasteiger partial charge in [-0.05, 0) is 37.3 Å². The Morgan fingerprint density at radius 3 is 2.80 bits per heavy atom. The SMILES string of the molecule is C(=C\c1cnc2sc3c(n12)CCCC3)/c1ccccc1. The van der Waals surface area contributed by atoms with E-state index in [1.54, 1.807) is 0 Å². The van der Waals surface area contributed by atoms with Crippen molar-refractivity contribution in [3.05, 3.63) is 58.4 Å². The van der Waals surface area contributed by atoms with Crippen LogP contribution >= 0.6 is 11.3 Å². The molecule has 0 N–H and O–H groups in total. The summed E-state index contributed by atoms with van der Waals surface area (Å²) in [6, 6.07) is 10.4. The maximum absolute atomic E-state index is 4.57. The van der Waals surface area contributed by atoms with E-state index in [1.807, 2.05) is 23.6 Å². The Balaban J connectivity index is 1.77. The molecule has 0 bridgehead atoms. The standard InChI is InChI=1S/C17H16N2S/c1-2-6-13(7-3-1)10-11-14-12-18-17-19(14)15-8-4-5-9-16(15)20-17/h1-3,6-7,10-12H,4-5,8-9H2/b11-10+. The van der Waals surface area contributed by atoms with E-state index in [0.29, 0.717) is 0 Å². The summed E-state index contributed by atoms with van der Waals surface area (Å²) in [6.07, 6.45) is 11.4. The molecule has 0 fully saturated rings. The molecule has 0 saturated carbocycles. The molecule has 0 aliphatic heterocycles. The molecule has 0 radical (unpaired) electrons. The Hall–Kier alpha value is -1.87. The van der Waals surface area contributed by atoms with E-state index in [1.165, 1.54) is 47.5 Å². The summed E-state index contributed by atoms with van der Waals surface area (Å²) in [4.78, 5) is 7.25. The fourth-order valence-corrected chi connectivity index (χ4v) is 4.06. The molecule has 2 aromatic heterocycles. The second kappa shape index (κ2) is 4.91. The Morgan fingerprint density at radius 2 is 1.90 bits per heavy atom. The molecule has 1 aromatic carbocycles. The van der Waals surface area contributed by atoms with Gasteiger partial charge in [-0.1, -0.05) is 36.4 Å². The summed E-state index contributed by atoms with van der Waals surface area (Å²) in [5.74, 6) is 0. The van der Waals surface area contributed by atoms with Crippen molar-refractivity contribution < 1.29 is 0 Å². The maximum atomic E-state index is 4.57. The van der Waals surface area contributed by atoms with Crippen molar-refractivity contribution in [1.82, 2.24) is 9.38 Å². The molecule has 0 spiro atoms. The molecule has 0 saturated heterocycles. The van der Waals surface area contributed by atoms with Gasteiger partial charge in [0.05, 0.1) is 11.9 Å². The molecule has 0 amide bonds. The van der Waals surface area contributed by atoms with Crippen molar-refractivity contribution in [2.75, 3.05) is 0 Å². The first-order valence-electron chi connectivity index (χ1n) is 7.13. The van der Waals surface area contributed by atoms with Gasteiger partial charge >= 0.3 is 0 Å². The van der Waals surface area contributed by atoms with Crippen molar-refractivity contribution in [3.63, 3.8) is 0 Å². The highest BCUT2D eigenvalue weighted by molar-refractivity contribution is 7.17. The van der Waals surface area contributed by atoms with E-state index in [4.69, 9.17) is 0 Å². The second-order valence-electron chi connectivity index (χ2n) is 5.22. The molecule has 2 nitrogen and oxygen atoms in total. The Labute approximate surface area is 122 Å². The van der Waals surface area contributed by atoms with E-state index in [-0.39, 0.29) is 0 Å². The topological polar surface area (TPSA) is 17.3 Å². The molecule has 3 aromatic rings. The van der Waals surface area contributed by atoms with Crippen LogP contribution in [0.2, 0.25) is 0 Å². The monoisotopic (exact) mass is 280 g/mol. The van der Waals surface area contributed by atoms with Gasteiger partial charge in [0, 0.05) is 10.6 Å². The first kappa shape index (κ1) is 11.9. The summed E-state index contributed by atoms with van der Waals surface area (Å²) >= 11 is 1.86. The van der Waals surface area contributed by atoms with Crippen LogP contribution in [0.1, 0.15) is 34.7 Å². The molecular weight excluding hydrogens is 264 g/mol. The number of benzene rings is 1. The van der Waals surface area contributed by atoms with Gasteiger partial charge in [0.15, 0.2) is 4.96 Å². The quantitative estimate of drug-likeness (QED) is 0.678. The summed E-state index contributed by atoms with van der Waals surface area (Å²) < 4.78 is 2.35. The molecule has 2 heterocycles. The number of hydrogen-bond donors (Lipinski definition) is 0. The van der Waals surface area contributed by atoms with Crippen molar-refractivity contribution in [3.8, 4) is 0 Å². The number of aromatic nitrogens is 2. The van der Waals surface area contributed by atoms with Gasteiger partial charge < -0.3 is 0 Å². The van der Waals surface area contributed by atoms with Gasteiger partial charge in [-0.2, -0.15) is 0 Å². The largest absolute Gasteiger partial charge is 0.288 e. The van der Waals surface area contributed by atoms with E-state index < -0.39 is 0 Å². The summed E-state index contributed by atoms with van der Waals surface area (Å²) in [5.41, 5.74) is 3.91. The number of rotatable bonds is 2. The lowest BCUT2D eigenvalue weighted by molar-refractivity contribution is 0.674. The number of nitrogens with zero attached hydrogens (tertiary/aromatic N) is 2. The zero-order valence-corrected chi connectivity index (χ0v) is 12.1. The maximum Gasteiger partial charge on any atom is 0.194 e. The van der Waals surface area contributed by atoms with Gasteiger partial charge in [0.2, 0.25) is 0 Å². The second-order valence-corrected chi connectivity index (χ2v) is 6.29. The first-order chi connectivity index (χ1) is 9.92. The van der Waals surface area contributed by atoms with Crippen LogP contribution in [0.5, 0.6) is 0 Å². The molecule has 3 heteroatoms. The number of aryl methyl sites for hydroxylation is 2. The highest BCUT2D eigenvalue weighted by Crippen LogP contribution is 2.31. The van der Waals surface area contributed by atoms with E-state index >= 15 is 0 Å². The third kappa shape index (κ3) is 1.98. The number of hydrogen-bond acceptors (Lipinski definition) is 2. The third-order valence-corrected chi connectivity index (χ3v) is 5.03. The summed E-state index contributed by atoms with van der Waals surface area (Å²) in [6.45, 7) is 0. The Kier molecular flexibility index (Phi) is 2.92. The van der Waals surface area contributed by atoms with Crippen molar-refractivity contribution in [2.45, 2.75) is 25.7 Å². The Bertz CT molecular complexity index is 765. The van der Waals surface area contributed by atoms with Gasteiger partial charge in [-0.3, -0.25) is 4.40 Å². The van der Waals surface area contributed by atoms with Crippen molar-refractivity contribution in [1.29, 1.82) is 0 Å². The van der Waals surface area contributed by atoms with E-state index in [2.05, 4.69) is 45.8 Å². The molecule has 1 aliphatic rings. The average Bonchev–Trinajstić information content (AvgIpc) is 3.05. The first-order valence-corrected chi connectivity index (χ1v) is 7.94. The van der Waals surface area contributed by atoms with Crippen LogP contribution in [0.25, 0.3) is 17.1 Å². The fourth-order valence-electron chi connectivity index (χ4n) is 2.87. The van der Waals surface area contributed by atoms with Gasteiger partial charge in [0.25, 0.3) is 0 Å². The average molecular weight is 280 g/mol. The number of imidazole rings is 1. The van der Waals surface area contributed by atoms with Crippen molar-refractivity contribution >= 4 is 28.4 Å². The highest BCUT2D eigenvalue weighted by atomic mass is 32.1. The lowest BCUT2D eigenvalue weighted by Gasteiger charge is -2.10. The number of thiazole rings is 1. The van der Waals surface area contributed by atoms with Gasteiger partial charge in [-0.15, -0.1) is 11.3 Å². The van der Waals surface area contributed by atoms with Crippen LogP contribution in [0.3, 0.4) is 0 Å². The minimum absolute atomic E-state index is 1.14.